The zero-order valence-electron chi connectivity index (χ0n) is 15.4. The molecule has 2 aromatic carbocycles. The molecule has 8 heteroatoms. The maximum Gasteiger partial charge on any atom is 0.340 e. The van der Waals surface area contributed by atoms with E-state index in [2.05, 4.69) is 4.98 Å². The fourth-order valence-electron chi connectivity index (χ4n) is 2.97. The van der Waals surface area contributed by atoms with Gasteiger partial charge in [-0.1, -0.05) is 29.8 Å². The molecule has 0 radical (unpaired) electrons. The van der Waals surface area contributed by atoms with Crippen LogP contribution in [0.1, 0.15) is 33.3 Å². The lowest BCUT2D eigenvalue weighted by atomic mass is 10.0. The molecule has 146 valence electrons. The number of carbonyl (C=O) groups is 2. The number of benzene rings is 2. The quantitative estimate of drug-likeness (QED) is 0.499. The minimum absolute atomic E-state index is 0.0420. The van der Waals surface area contributed by atoms with E-state index in [0.717, 1.165) is 23.2 Å². The Bertz CT molecular complexity index is 1200. The number of hydrogen-bond acceptors (Lipinski definition) is 5. The Balaban J connectivity index is 1.88. The third-order valence-corrected chi connectivity index (χ3v) is 5.82. The summed E-state index contributed by atoms with van der Waals surface area (Å²) in [6.07, 6.45) is -0.0551. The smallest absolute Gasteiger partial charge is 0.340 e. The number of nitrogens with one attached hydrogen (secondary N) is 1. The number of ether oxygens (including phenoxy) is 1. The van der Waals surface area contributed by atoms with Gasteiger partial charge in [-0.2, -0.15) is 0 Å². The molecule has 0 unspecified atom stereocenters. The van der Waals surface area contributed by atoms with Gasteiger partial charge in [0.25, 0.3) is 0 Å². The number of aromatic amines is 1. The summed E-state index contributed by atoms with van der Waals surface area (Å²) in [5, 5.41) is 0.783. The Morgan fingerprint density at radius 3 is 2.50 bits per heavy atom. The Kier molecular flexibility index (Phi) is 5.32. The van der Waals surface area contributed by atoms with Crippen molar-refractivity contribution in [3.05, 3.63) is 64.3 Å². The zero-order chi connectivity index (χ0) is 20.6. The van der Waals surface area contributed by atoms with Crippen LogP contribution in [0.3, 0.4) is 0 Å². The van der Waals surface area contributed by atoms with Crippen LogP contribution in [0.2, 0.25) is 5.02 Å². The van der Waals surface area contributed by atoms with Gasteiger partial charge in [0, 0.05) is 28.4 Å². The average Bonchev–Trinajstić information content (AvgIpc) is 2.95. The van der Waals surface area contributed by atoms with E-state index < -0.39 is 21.9 Å². The first-order valence-electron chi connectivity index (χ1n) is 8.41. The standard InChI is InChI=1S/C20H18ClNO5S/c1-11-18(14-6-4-5-7-17(14)22-11)19(23)12(2)27-20(24)15-10-13(28(3,25)26)8-9-16(15)21/h4-10,12,22H,1-3H3/t12-/m1/s1. The third-order valence-electron chi connectivity index (χ3n) is 4.38. The summed E-state index contributed by atoms with van der Waals surface area (Å²) in [7, 11) is -3.52. The number of aryl methyl sites for hydroxylation is 1. The third kappa shape index (κ3) is 3.81. The number of fused-ring (bicyclic) bond motifs is 1. The summed E-state index contributed by atoms with van der Waals surface area (Å²) in [5.41, 5.74) is 1.82. The predicted octanol–water partition coefficient (Wildman–Crippen LogP) is 3.96. The monoisotopic (exact) mass is 419 g/mol. The summed E-state index contributed by atoms with van der Waals surface area (Å²) in [6.45, 7) is 3.24. The second-order valence-corrected chi connectivity index (χ2v) is 8.92. The lowest BCUT2D eigenvalue weighted by Crippen LogP contribution is -2.25. The molecule has 28 heavy (non-hydrogen) atoms. The maximum atomic E-state index is 12.9. The summed E-state index contributed by atoms with van der Waals surface area (Å²) in [4.78, 5) is 28.5. The van der Waals surface area contributed by atoms with Crippen molar-refractivity contribution in [3.63, 3.8) is 0 Å². The van der Waals surface area contributed by atoms with Gasteiger partial charge in [-0.25, -0.2) is 13.2 Å². The molecular formula is C20H18ClNO5S. The molecule has 6 nitrogen and oxygen atoms in total. The van der Waals surface area contributed by atoms with Crippen molar-refractivity contribution in [2.24, 2.45) is 0 Å². The number of hydrogen-bond donors (Lipinski definition) is 1. The normalized spacial score (nSPS) is 12.7. The van der Waals surface area contributed by atoms with Gasteiger partial charge >= 0.3 is 5.97 Å². The molecule has 3 aromatic rings. The molecule has 3 rings (SSSR count). The highest BCUT2D eigenvalue weighted by Gasteiger charge is 2.26. The van der Waals surface area contributed by atoms with Crippen molar-refractivity contribution < 1.29 is 22.7 Å². The van der Waals surface area contributed by atoms with E-state index in [-0.39, 0.29) is 21.3 Å². The number of sulfone groups is 1. The molecule has 0 aliphatic rings. The molecule has 0 saturated carbocycles. The fourth-order valence-corrected chi connectivity index (χ4v) is 3.81. The highest BCUT2D eigenvalue weighted by molar-refractivity contribution is 7.90. The summed E-state index contributed by atoms with van der Waals surface area (Å²) < 4.78 is 28.7. The van der Waals surface area contributed by atoms with Gasteiger partial charge < -0.3 is 9.72 Å². The topological polar surface area (TPSA) is 93.3 Å². The van der Waals surface area contributed by atoms with Crippen molar-refractivity contribution in [2.75, 3.05) is 6.26 Å². The Labute approximate surface area is 167 Å². The van der Waals surface area contributed by atoms with Crippen LogP contribution in [0.25, 0.3) is 10.9 Å². The molecule has 1 atom stereocenters. The Morgan fingerprint density at radius 2 is 1.82 bits per heavy atom. The van der Waals surface area contributed by atoms with Gasteiger partial charge in [0.1, 0.15) is 0 Å². The van der Waals surface area contributed by atoms with Crippen LogP contribution in [-0.2, 0) is 14.6 Å². The number of halogens is 1. The van der Waals surface area contributed by atoms with Crippen LogP contribution >= 0.6 is 11.6 Å². The summed E-state index contributed by atoms with van der Waals surface area (Å²) >= 11 is 6.02. The number of carbonyl (C=O) groups excluding carboxylic acids is 2. The van der Waals surface area contributed by atoms with Crippen molar-refractivity contribution in [2.45, 2.75) is 24.8 Å². The molecular weight excluding hydrogens is 402 g/mol. The van der Waals surface area contributed by atoms with E-state index in [0.29, 0.717) is 11.3 Å². The van der Waals surface area contributed by atoms with Gasteiger partial charge in [0.05, 0.1) is 15.5 Å². The SMILES string of the molecule is Cc1[nH]c2ccccc2c1C(=O)[C@@H](C)OC(=O)c1cc(S(C)(=O)=O)ccc1Cl. The number of H-pyrrole nitrogens is 1. The van der Waals surface area contributed by atoms with Gasteiger partial charge in [-0.3, -0.25) is 4.79 Å². The second kappa shape index (κ2) is 7.41. The number of esters is 1. The number of ketones is 1. The van der Waals surface area contributed by atoms with E-state index in [4.69, 9.17) is 16.3 Å². The molecule has 0 aliphatic carbocycles. The van der Waals surface area contributed by atoms with E-state index in [1.165, 1.54) is 19.1 Å². The number of para-hydroxylation sites is 1. The van der Waals surface area contributed by atoms with E-state index in [1.54, 1.807) is 6.92 Å². The molecule has 1 heterocycles. The van der Waals surface area contributed by atoms with E-state index in [9.17, 15) is 18.0 Å². The first-order chi connectivity index (χ1) is 13.1. The Morgan fingerprint density at radius 1 is 1.14 bits per heavy atom. The minimum atomic E-state index is -3.52. The van der Waals surface area contributed by atoms with Gasteiger partial charge in [-0.15, -0.1) is 0 Å². The van der Waals surface area contributed by atoms with Gasteiger partial charge in [0.2, 0.25) is 5.78 Å². The highest BCUT2D eigenvalue weighted by atomic mass is 35.5. The molecule has 1 N–H and O–H groups in total. The molecule has 0 fully saturated rings. The van der Waals surface area contributed by atoms with Crippen LogP contribution in [-0.4, -0.2) is 37.5 Å². The first kappa shape index (κ1) is 20.1. The van der Waals surface area contributed by atoms with Crippen LogP contribution in [0, 0.1) is 6.92 Å². The molecule has 0 aliphatic heterocycles. The fraction of sp³-hybridized carbons (Fsp3) is 0.200. The summed E-state index contributed by atoms with van der Waals surface area (Å²) in [5.74, 6) is -1.23. The molecule has 1 aromatic heterocycles. The highest BCUT2D eigenvalue weighted by Crippen LogP contribution is 2.25. The average molecular weight is 420 g/mol. The molecule has 0 spiro atoms. The zero-order valence-corrected chi connectivity index (χ0v) is 17.0. The molecule has 0 bridgehead atoms. The van der Waals surface area contributed by atoms with Crippen molar-refractivity contribution >= 4 is 44.1 Å². The van der Waals surface area contributed by atoms with E-state index >= 15 is 0 Å². The van der Waals surface area contributed by atoms with Crippen LogP contribution < -0.4 is 0 Å². The van der Waals surface area contributed by atoms with Gasteiger partial charge in [-0.05, 0) is 38.1 Å². The van der Waals surface area contributed by atoms with Crippen LogP contribution in [0.5, 0.6) is 0 Å². The minimum Gasteiger partial charge on any atom is -0.451 e. The lowest BCUT2D eigenvalue weighted by Gasteiger charge is -2.14. The van der Waals surface area contributed by atoms with Gasteiger partial charge in [0.15, 0.2) is 15.9 Å². The second-order valence-electron chi connectivity index (χ2n) is 6.50. The number of rotatable bonds is 5. The Hall–Kier alpha value is -2.64. The molecule has 0 amide bonds. The van der Waals surface area contributed by atoms with Crippen LogP contribution in [0.15, 0.2) is 47.4 Å². The maximum absolute atomic E-state index is 12.9. The lowest BCUT2D eigenvalue weighted by molar-refractivity contribution is 0.0319. The van der Waals surface area contributed by atoms with Crippen molar-refractivity contribution in [1.29, 1.82) is 0 Å². The predicted molar refractivity (Wildman–Crippen MR) is 107 cm³/mol. The summed E-state index contributed by atoms with van der Waals surface area (Å²) in [6, 6.07) is 11.1. The number of Topliss-reactive ketones (excluding diaryl/α,β-unsaturated/α-hetero) is 1. The first-order valence-corrected chi connectivity index (χ1v) is 10.7. The van der Waals surface area contributed by atoms with Crippen molar-refractivity contribution in [1.82, 2.24) is 4.98 Å². The largest absolute Gasteiger partial charge is 0.451 e. The van der Waals surface area contributed by atoms with E-state index in [1.807, 2.05) is 24.3 Å². The molecule has 0 saturated heterocycles. The number of aromatic nitrogens is 1. The van der Waals surface area contributed by atoms with Crippen LogP contribution in [0.4, 0.5) is 0 Å². The van der Waals surface area contributed by atoms with Crippen molar-refractivity contribution in [3.8, 4) is 0 Å².